The Labute approximate surface area is 71.7 Å². The number of hydrogen-bond acceptors (Lipinski definition) is 3. The topological polar surface area (TPSA) is 52.0 Å². The van der Waals surface area contributed by atoms with Crippen molar-refractivity contribution in [3.63, 3.8) is 0 Å². The molecular formula is C7H7F3N2O. The van der Waals surface area contributed by atoms with E-state index in [2.05, 4.69) is 9.68 Å². The summed E-state index contributed by atoms with van der Waals surface area (Å²) in [5.74, 6) is -0.178. The summed E-state index contributed by atoms with van der Waals surface area (Å²) in [6.45, 7) is 0. The van der Waals surface area contributed by atoms with Gasteiger partial charge in [0.25, 0.3) is 0 Å². The molecule has 2 rings (SSSR count). The second kappa shape index (κ2) is 2.18. The molecule has 0 spiro atoms. The summed E-state index contributed by atoms with van der Waals surface area (Å²) in [6.07, 6.45) is -4.14. The smallest absolute Gasteiger partial charge is 0.381 e. The number of nitrogens with two attached hydrogens (primary N) is 1. The number of nitrogen functional groups attached to an aromatic ring is 1. The predicted molar refractivity (Wildman–Crippen MR) is 37.9 cm³/mol. The molecule has 0 atom stereocenters. The molecule has 1 heterocycles. The summed E-state index contributed by atoms with van der Waals surface area (Å²) < 4.78 is 41.9. The highest BCUT2D eigenvalue weighted by molar-refractivity contribution is 5.34. The van der Waals surface area contributed by atoms with Gasteiger partial charge in [-0.2, -0.15) is 13.2 Å². The molecular weight excluding hydrogens is 185 g/mol. The van der Waals surface area contributed by atoms with Gasteiger partial charge in [-0.15, -0.1) is 0 Å². The standard InChI is InChI=1S/C7H7F3N2O/c8-7(9,10)6(1-2-6)4-3-5(11)12-13-4/h3H,1-2H2,(H2,11,12). The molecule has 1 fully saturated rings. The van der Waals surface area contributed by atoms with Crippen LogP contribution in [0, 0.1) is 0 Å². The molecule has 1 saturated carbocycles. The van der Waals surface area contributed by atoms with Gasteiger partial charge in [0.15, 0.2) is 11.6 Å². The van der Waals surface area contributed by atoms with Crippen molar-refractivity contribution in [2.45, 2.75) is 24.4 Å². The predicted octanol–water partition coefficient (Wildman–Crippen LogP) is 1.85. The molecule has 0 radical (unpaired) electrons. The highest BCUT2D eigenvalue weighted by atomic mass is 19.4. The number of halogens is 3. The molecule has 0 aliphatic heterocycles. The molecule has 72 valence electrons. The van der Waals surface area contributed by atoms with Crippen molar-refractivity contribution in [3.05, 3.63) is 11.8 Å². The Morgan fingerprint density at radius 3 is 2.38 bits per heavy atom. The van der Waals surface area contributed by atoms with Crippen LogP contribution in [0.4, 0.5) is 19.0 Å². The minimum atomic E-state index is -4.26. The van der Waals surface area contributed by atoms with Crippen molar-refractivity contribution in [2.24, 2.45) is 0 Å². The van der Waals surface area contributed by atoms with E-state index in [-0.39, 0.29) is 24.4 Å². The molecule has 1 aromatic heterocycles. The average Bonchev–Trinajstić information content (AvgIpc) is 2.70. The van der Waals surface area contributed by atoms with Crippen molar-refractivity contribution in [1.29, 1.82) is 0 Å². The van der Waals surface area contributed by atoms with E-state index in [1.807, 2.05) is 0 Å². The largest absolute Gasteiger partial charge is 0.401 e. The quantitative estimate of drug-likeness (QED) is 0.738. The number of anilines is 1. The maximum absolute atomic E-state index is 12.5. The Morgan fingerprint density at radius 1 is 1.46 bits per heavy atom. The SMILES string of the molecule is Nc1cc(C2(C(F)(F)F)CC2)on1. The number of hydrogen-bond donors (Lipinski definition) is 1. The van der Waals surface area contributed by atoms with Gasteiger partial charge < -0.3 is 10.3 Å². The van der Waals surface area contributed by atoms with Gasteiger partial charge in [-0.3, -0.25) is 0 Å². The van der Waals surface area contributed by atoms with Gasteiger partial charge >= 0.3 is 6.18 Å². The molecule has 2 N–H and O–H groups in total. The molecule has 0 aromatic carbocycles. The van der Waals surface area contributed by atoms with Crippen molar-refractivity contribution in [3.8, 4) is 0 Å². The highest BCUT2D eigenvalue weighted by Gasteiger charge is 2.66. The van der Waals surface area contributed by atoms with E-state index < -0.39 is 11.6 Å². The first-order valence-electron chi connectivity index (χ1n) is 3.75. The maximum atomic E-state index is 12.5. The number of aromatic nitrogens is 1. The maximum Gasteiger partial charge on any atom is 0.401 e. The van der Waals surface area contributed by atoms with Crippen molar-refractivity contribution < 1.29 is 17.7 Å². The fraction of sp³-hybridized carbons (Fsp3) is 0.571. The Kier molecular flexibility index (Phi) is 1.41. The van der Waals surface area contributed by atoms with E-state index in [1.54, 1.807) is 0 Å². The second-order valence-electron chi connectivity index (χ2n) is 3.20. The lowest BCUT2D eigenvalue weighted by Gasteiger charge is -2.14. The van der Waals surface area contributed by atoms with E-state index in [9.17, 15) is 13.2 Å². The number of rotatable bonds is 1. The number of nitrogens with zero attached hydrogens (tertiary/aromatic N) is 1. The minimum absolute atomic E-state index is 0.00877. The third kappa shape index (κ3) is 1.08. The van der Waals surface area contributed by atoms with Gasteiger partial charge in [0.05, 0.1) is 0 Å². The number of alkyl halides is 3. The highest BCUT2D eigenvalue weighted by Crippen LogP contribution is 2.59. The Hall–Kier alpha value is -1.20. The summed E-state index contributed by atoms with van der Waals surface area (Å²) in [7, 11) is 0. The first-order chi connectivity index (χ1) is 5.96. The van der Waals surface area contributed by atoms with Crippen LogP contribution >= 0.6 is 0 Å². The van der Waals surface area contributed by atoms with Crippen LogP contribution in [0.25, 0.3) is 0 Å². The van der Waals surface area contributed by atoms with Crippen molar-refractivity contribution in [2.75, 3.05) is 5.73 Å². The molecule has 0 saturated heterocycles. The molecule has 3 nitrogen and oxygen atoms in total. The zero-order valence-corrected chi connectivity index (χ0v) is 6.56. The molecule has 1 aliphatic carbocycles. The zero-order valence-electron chi connectivity index (χ0n) is 6.56. The molecule has 0 bridgehead atoms. The Balaban J connectivity index is 2.36. The van der Waals surface area contributed by atoms with E-state index in [1.165, 1.54) is 0 Å². The first-order valence-corrected chi connectivity index (χ1v) is 3.75. The molecule has 0 unspecified atom stereocenters. The first kappa shape index (κ1) is 8.40. The van der Waals surface area contributed by atoms with E-state index in [0.717, 1.165) is 6.07 Å². The summed E-state index contributed by atoms with van der Waals surface area (Å²) in [5.41, 5.74) is 3.37. The van der Waals surface area contributed by atoms with Gasteiger partial charge in [-0.1, -0.05) is 5.16 Å². The lowest BCUT2D eigenvalue weighted by atomic mass is 10.0. The normalized spacial score (nSPS) is 20.2. The summed E-state index contributed by atoms with van der Waals surface area (Å²) in [4.78, 5) is 0. The van der Waals surface area contributed by atoms with Gasteiger partial charge in [-0.25, -0.2) is 0 Å². The van der Waals surface area contributed by atoms with E-state index in [4.69, 9.17) is 5.73 Å². The minimum Gasteiger partial charge on any atom is -0.381 e. The van der Waals surface area contributed by atoms with Crippen LogP contribution in [-0.4, -0.2) is 11.3 Å². The summed E-state index contributed by atoms with van der Waals surface area (Å²) in [6, 6.07) is 1.14. The van der Waals surface area contributed by atoms with E-state index in [0.29, 0.717) is 0 Å². The Bertz CT molecular complexity index is 327. The van der Waals surface area contributed by atoms with Crippen molar-refractivity contribution >= 4 is 5.82 Å². The lowest BCUT2D eigenvalue weighted by Crippen LogP contribution is -2.28. The zero-order chi connectivity index (χ0) is 9.69. The van der Waals surface area contributed by atoms with Crippen LogP contribution in [0.5, 0.6) is 0 Å². The monoisotopic (exact) mass is 192 g/mol. The van der Waals surface area contributed by atoms with Crippen molar-refractivity contribution in [1.82, 2.24) is 5.16 Å². The van der Waals surface area contributed by atoms with Crippen LogP contribution in [0.1, 0.15) is 18.6 Å². The Morgan fingerprint density at radius 2 is 2.08 bits per heavy atom. The van der Waals surface area contributed by atoms with Gasteiger partial charge in [-0.05, 0) is 12.8 Å². The fourth-order valence-electron chi connectivity index (χ4n) is 1.31. The summed E-state index contributed by atoms with van der Waals surface area (Å²) >= 11 is 0. The van der Waals surface area contributed by atoms with Crippen LogP contribution < -0.4 is 5.73 Å². The second-order valence-corrected chi connectivity index (χ2v) is 3.20. The molecule has 0 amide bonds. The van der Waals surface area contributed by atoms with Crippen LogP contribution in [-0.2, 0) is 5.41 Å². The lowest BCUT2D eigenvalue weighted by molar-refractivity contribution is -0.165. The average molecular weight is 192 g/mol. The molecule has 1 aromatic rings. The third-order valence-electron chi connectivity index (χ3n) is 2.29. The van der Waals surface area contributed by atoms with Gasteiger partial charge in [0, 0.05) is 6.07 Å². The van der Waals surface area contributed by atoms with Crippen LogP contribution in [0.2, 0.25) is 0 Å². The van der Waals surface area contributed by atoms with Gasteiger partial charge in [0.1, 0.15) is 5.41 Å². The molecule has 6 heteroatoms. The molecule has 1 aliphatic rings. The van der Waals surface area contributed by atoms with E-state index >= 15 is 0 Å². The molecule has 13 heavy (non-hydrogen) atoms. The van der Waals surface area contributed by atoms with Crippen LogP contribution in [0.3, 0.4) is 0 Å². The summed E-state index contributed by atoms with van der Waals surface area (Å²) in [5, 5.41) is 3.24. The van der Waals surface area contributed by atoms with Gasteiger partial charge in [0.2, 0.25) is 0 Å². The fourth-order valence-corrected chi connectivity index (χ4v) is 1.31. The van der Waals surface area contributed by atoms with Crippen LogP contribution in [0.15, 0.2) is 10.6 Å². The third-order valence-corrected chi connectivity index (χ3v) is 2.29.